The van der Waals surface area contributed by atoms with Crippen LogP contribution in [0.2, 0.25) is 0 Å². The molecule has 0 radical (unpaired) electrons. The minimum atomic E-state index is -1.43. The second-order valence-electron chi connectivity index (χ2n) is 10.8. The molecule has 6 rings (SSSR count). The molecule has 0 spiro atoms. The minimum Gasteiger partial charge on any atom is -0.457 e. The number of nitrogens with zero attached hydrogens (tertiary/aromatic N) is 1. The smallest absolute Gasteiger partial charge is 0.221 e. The number of anilines is 1. The van der Waals surface area contributed by atoms with Crippen LogP contribution in [0, 0.1) is 12.8 Å². The summed E-state index contributed by atoms with van der Waals surface area (Å²) < 4.78 is 6.01. The first kappa shape index (κ1) is 25.9. The molecule has 3 aliphatic rings. The summed E-state index contributed by atoms with van der Waals surface area (Å²) in [4.78, 5) is 29.4. The van der Waals surface area contributed by atoms with Gasteiger partial charge in [0, 0.05) is 23.0 Å². The summed E-state index contributed by atoms with van der Waals surface area (Å²) in [6.45, 7) is 3.28. The van der Waals surface area contributed by atoms with E-state index < -0.39 is 11.6 Å². The van der Waals surface area contributed by atoms with E-state index in [1.54, 1.807) is 11.8 Å². The SMILES string of the molecule is Cc1cc(Oc2ccccc2)ccc1C1(N)C(=O)C(N)C2c3c1ccc(N)c3SC2N1CCCC(C(N)=O)C1. The van der Waals surface area contributed by atoms with Gasteiger partial charge < -0.3 is 27.7 Å². The molecule has 0 saturated carbocycles. The first-order chi connectivity index (χ1) is 18.7. The third kappa shape index (κ3) is 4.12. The summed E-state index contributed by atoms with van der Waals surface area (Å²) in [6, 6.07) is 18.0. The van der Waals surface area contributed by atoms with Crippen LogP contribution in [0.25, 0.3) is 0 Å². The Bertz CT molecular complexity index is 1460. The Balaban J connectivity index is 1.40. The number of aryl methyl sites for hydroxylation is 1. The van der Waals surface area contributed by atoms with Crippen molar-refractivity contribution in [1.29, 1.82) is 0 Å². The Morgan fingerprint density at radius 1 is 1.08 bits per heavy atom. The molecule has 8 nitrogen and oxygen atoms in total. The summed E-state index contributed by atoms with van der Waals surface area (Å²) in [5.41, 5.74) is 28.5. The zero-order valence-electron chi connectivity index (χ0n) is 21.8. The molecule has 2 aliphatic heterocycles. The Morgan fingerprint density at radius 2 is 1.82 bits per heavy atom. The maximum Gasteiger partial charge on any atom is 0.221 e. The third-order valence-electron chi connectivity index (χ3n) is 8.43. The van der Waals surface area contributed by atoms with Gasteiger partial charge in [-0.2, -0.15) is 0 Å². The van der Waals surface area contributed by atoms with Gasteiger partial charge in [-0.1, -0.05) is 30.3 Å². The summed E-state index contributed by atoms with van der Waals surface area (Å²) in [6.07, 6.45) is 1.63. The largest absolute Gasteiger partial charge is 0.457 e. The molecule has 202 valence electrons. The van der Waals surface area contributed by atoms with E-state index in [4.69, 9.17) is 27.7 Å². The van der Waals surface area contributed by atoms with Crippen molar-refractivity contribution in [2.45, 2.75) is 47.5 Å². The van der Waals surface area contributed by atoms with Gasteiger partial charge in [0.15, 0.2) is 5.78 Å². The number of carbonyl (C=O) groups is 2. The number of benzene rings is 3. The second-order valence-corrected chi connectivity index (χ2v) is 11.9. The number of hydrogen-bond donors (Lipinski definition) is 4. The normalized spacial score (nSPS) is 28.2. The first-order valence-corrected chi connectivity index (χ1v) is 14.1. The number of para-hydroxylation sites is 1. The van der Waals surface area contributed by atoms with E-state index in [-0.39, 0.29) is 28.9 Å². The van der Waals surface area contributed by atoms with E-state index in [2.05, 4.69) is 4.90 Å². The molecule has 0 bridgehead atoms. The molecular weight excluding hydrogens is 510 g/mol. The monoisotopic (exact) mass is 543 g/mol. The van der Waals surface area contributed by atoms with Crippen molar-refractivity contribution in [1.82, 2.24) is 4.90 Å². The average Bonchev–Trinajstić information content (AvgIpc) is 3.34. The van der Waals surface area contributed by atoms with Gasteiger partial charge in [-0.15, -0.1) is 11.8 Å². The predicted molar refractivity (Wildman–Crippen MR) is 152 cm³/mol. The van der Waals surface area contributed by atoms with Gasteiger partial charge in [-0.3, -0.25) is 14.5 Å². The van der Waals surface area contributed by atoms with Gasteiger partial charge in [0.1, 0.15) is 17.0 Å². The lowest BCUT2D eigenvalue weighted by molar-refractivity contribution is -0.127. The van der Waals surface area contributed by atoms with Crippen LogP contribution in [0.5, 0.6) is 11.5 Å². The van der Waals surface area contributed by atoms with Gasteiger partial charge in [0.25, 0.3) is 0 Å². The van der Waals surface area contributed by atoms with E-state index in [1.807, 2.05) is 67.6 Å². The van der Waals surface area contributed by atoms with Crippen LogP contribution in [0.3, 0.4) is 0 Å². The fourth-order valence-corrected chi connectivity index (χ4v) is 8.10. The summed E-state index contributed by atoms with van der Waals surface area (Å²) >= 11 is 1.62. The Hall–Kier alpha value is -3.37. The van der Waals surface area contributed by atoms with Crippen LogP contribution < -0.4 is 27.7 Å². The number of carbonyl (C=O) groups excluding carboxylic acids is 2. The van der Waals surface area contributed by atoms with E-state index in [0.717, 1.165) is 46.7 Å². The molecule has 0 aromatic heterocycles. The first-order valence-electron chi connectivity index (χ1n) is 13.3. The van der Waals surface area contributed by atoms with Gasteiger partial charge in [-0.25, -0.2) is 0 Å². The Morgan fingerprint density at radius 3 is 2.54 bits per heavy atom. The van der Waals surface area contributed by atoms with Gasteiger partial charge >= 0.3 is 0 Å². The van der Waals surface area contributed by atoms with Gasteiger partial charge in [0.05, 0.1) is 17.3 Å². The molecule has 1 fully saturated rings. The number of ketones is 1. The summed E-state index contributed by atoms with van der Waals surface area (Å²) in [5.74, 6) is 0.348. The maximum atomic E-state index is 14.2. The number of hydrogen-bond acceptors (Lipinski definition) is 8. The molecule has 3 aromatic carbocycles. The highest BCUT2D eigenvalue weighted by Gasteiger charge is 2.56. The van der Waals surface area contributed by atoms with Gasteiger partial charge in [0.2, 0.25) is 5.91 Å². The van der Waals surface area contributed by atoms with Crippen LogP contribution in [0.4, 0.5) is 5.69 Å². The van der Waals surface area contributed by atoms with E-state index in [1.165, 1.54) is 0 Å². The number of amides is 1. The summed E-state index contributed by atoms with van der Waals surface area (Å²) in [5, 5.41) is -0.128. The molecule has 5 unspecified atom stereocenters. The fraction of sp³-hybridized carbons (Fsp3) is 0.333. The maximum absolute atomic E-state index is 14.2. The molecule has 39 heavy (non-hydrogen) atoms. The quantitative estimate of drug-likeness (QED) is 0.358. The molecule has 1 saturated heterocycles. The number of rotatable bonds is 5. The lowest BCUT2D eigenvalue weighted by Gasteiger charge is -2.44. The molecule has 9 heteroatoms. The highest BCUT2D eigenvalue weighted by atomic mass is 32.2. The molecule has 5 atom stereocenters. The number of Topliss-reactive ketones (excluding diaryl/α,β-unsaturated/α-hetero) is 1. The van der Waals surface area contributed by atoms with Crippen molar-refractivity contribution in [2.24, 2.45) is 23.1 Å². The second kappa shape index (κ2) is 9.67. The van der Waals surface area contributed by atoms with E-state index >= 15 is 0 Å². The number of thioether (sulfide) groups is 1. The zero-order valence-corrected chi connectivity index (χ0v) is 22.6. The fourth-order valence-electron chi connectivity index (χ4n) is 6.49. The topological polar surface area (TPSA) is 151 Å². The van der Waals surface area contributed by atoms with E-state index in [9.17, 15) is 9.59 Å². The Kier molecular flexibility index (Phi) is 6.42. The molecule has 8 N–H and O–H groups in total. The summed E-state index contributed by atoms with van der Waals surface area (Å²) in [7, 11) is 0. The Labute approximate surface area is 232 Å². The van der Waals surface area contributed by atoms with E-state index in [0.29, 0.717) is 23.5 Å². The number of piperidine rings is 1. The molecule has 1 amide bonds. The van der Waals surface area contributed by atoms with Gasteiger partial charge in [-0.05, 0) is 78.9 Å². The van der Waals surface area contributed by atoms with Crippen molar-refractivity contribution in [3.8, 4) is 11.5 Å². The van der Waals surface area contributed by atoms with Crippen LogP contribution in [0.15, 0.2) is 65.6 Å². The van der Waals surface area contributed by atoms with Crippen molar-refractivity contribution >= 4 is 29.1 Å². The lowest BCUT2D eigenvalue weighted by atomic mass is 9.65. The number of ether oxygens (including phenoxy) is 1. The third-order valence-corrected chi connectivity index (χ3v) is 9.95. The highest BCUT2D eigenvalue weighted by molar-refractivity contribution is 8.00. The van der Waals surface area contributed by atoms with Crippen molar-refractivity contribution in [3.05, 3.63) is 82.9 Å². The zero-order chi connectivity index (χ0) is 27.5. The molecule has 1 aliphatic carbocycles. The predicted octanol–water partition coefficient (Wildman–Crippen LogP) is 3.19. The molecule has 2 heterocycles. The van der Waals surface area contributed by atoms with Crippen molar-refractivity contribution in [3.63, 3.8) is 0 Å². The van der Waals surface area contributed by atoms with Crippen molar-refractivity contribution < 1.29 is 14.3 Å². The lowest BCUT2D eigenvalue weighted by Crippen LogP contribution is -2.61. The number of primary amides is 1. The number of nitrogens with two attached hydrogens (primary N) is 4. The standard InChI is InChI=1S/C30H33N5O3S/c1-16-14-19(38-18-7-3-2-4-8-18)9-10-20(16)30(34)21-11-12-22(31)26-23(21)24(25(32)27(30)36)29(39-26)35-13-5-6-17(15-35)28(33)37/h2-4,7-12,14,17,24-25,29H,5-6,13,15,31-32,34H2,1H3,(H2,33,37). The minimum absolute atomic E-state index is 0.128. The van der Waals surface area contributed by atoms with Crippen LogP contribution in [-0.2, 0) is 15.1 Å². The number of likely N-dealkylation sites (tertiary alicyclic amines) is 1. The number of nitrogen functional groups attached to an aromatic ring is 1. The van der Waals surface area contributed by atoms with Crippen LogP contribution in [0.1, 0.15) is 41.0 Å². The molecule has 3 aromatic rings. The highest BCUT2D eigenvalue weighted by Crippen LogP contribution is 2.57. The van der Waals surface area contributed by atoms with Crippen molar-refractivity contribution in [2.75, 3.05) is 18.8 Å². The molecular formula is C30H33N5O3S. The van der Waals surface area contributed by atoms with Crippen LogP contribution in [-0.4, -0.2) is 41.1 Å². The van der Waals surface area contributed by atoms with Crippen LogP contribution >= 0.6 is 11.8 Å². The average molecular weight is 544 g/mol.